The minimum absolute atomic E-state index is 0.0175. The lowest BCUT2D eigenvalue weighted by Crippen LogP contribution is -2.17. The summed E-state index contributed by atoms with van der Waals surface area (Å²) in [5.41, 5.74) is 17.2. The molecular formula is C66H66N4O. The molecule has 10 rings (SSSR count). The maximum Gasteiger partial charge on any atom is 0.138 e. The Morgan fingerprint density at radius 3 is 1.73 bits per heavy atom. The lowest BCUT2D eigenvalue weighted by atomic mass is 9.77. The van der Waals surface area contributed by atoms with Crippen molar-refractivity contribution in [3.63, 3.8) is 0 Å². The number of hydrogen-bond donors (Lipinski definition) is 0. The Morgan fingerprint density at radius 2 is 1.06 bits per heavy atom. The molecule has 0 unspecified atom stereocenters. The van der Waals surface area contributed by atoms with Crippen LogP contribution in [-0.2, 0) is 21.7 Å². The minimum Gasteiger partial charge on any atom is -0.457 e. The second-order valence-electron chi connectivity index (χ2n) is 23.4. The fourth-order valence-corrected chi connectivity index (χ4v) is 9.91. The lowest BCUT2D eigenvalue weighted by Gasteiger charge is -2.28. The van der Waals surface area contributed by atoms with Gasteiger partial charge in [0.25, 0.3) is 0 Å². The zero-order valence-electron chi connectivity index (χ0n) is 43.5. The Hall–Kier alpha value is -7.50. The number of benzene rings is 7. The zero-order valence-corrected chi connectivity index (χ0v) is 43.5. The quantitative estimate of drug-likeness (QED) is 0.152. The molecule has 10 aromatic rings. The number of pyridine rings is 1. The van der Waals surface area contributed by atoms with E-state index in [0.717, 1.165) is 61.7 Å². The van der Waals surface area contributed by atoms with Gasteiger partial charge in [0.15, 0.2) is 0 Å². The number of aromatic nitrogens is 4. The molecule has 356 valence electrons. The molecule has 0 saturated carbocycles. The van der Waals surface area contributed by atoms with Gasteiger partial charge in [0.05, 0.1) is 22.9 Å². The van der Waals surface area contributed by atoms with Gasteiger partial charge >= 0.3 is 0 Å². The average Bonchev–Trinajstić information content (AvgIpc) is 3.96. The van der Waals surface area contributed by atoms with Crippen LogP contribution >= 0.6 is 0 Å². The number of hydrogen-bond acceptors (Lipinski definition) is 3. The number of fused-ring (bicyclic) bond motifs is 3. The molecule has 0 saturated heterocycles. The van der Waals surface area contributed by atoms with Crippen LogP contribution < -0.4 is 4.74 Å². The summed E-state index contributed by atoms with van der Waals surface area (Å²) >= 11 is 0. The Balaban J connectivity index is 1.03. The van der Waals surface area contributed by atoms with Crippen LogP contribution in [0.25, 0.3) is 77.8 Å². The van der Waals surface area contributed by atoms with Crippen molar-refractivity contribution in [3.8, 4) is 67.5 Å². The Kier molecular flexibility index (Phi) is 11.8. The second-order valence-corrected chi connectivity index (χ2v) is 23.4. The molecule has 0 aliphatic carbocycles. The summed E-state index contributed by atoms with van der Waals surface area (Å²) in [6.07, 6.45) is 6.00. The summed E-state index contributed by atoms with van der Waals surface area (Å²) in [6.45, 7) is 27.3. The fourth-order valence-electron chi connectivity index (χ4n) is 9.91. The molecule has 0 atom stereocenters. The second kappa shape index (κ2) is 17.7. The van der Waals surface area contributed by atoms with E-state index < -0.39 is 0 Å². The van der Waals surface area contributed by atoms with Crippen molar-refractivity contribution in [1.29, 1.82) is 0 Å². The van der Waals surface area contributed by atoms with Crippen LogP contribution in [0.15, 0.2) is 182 Å². The highest BCUT2D eigenvalue weighted by Gasteiger charge is 2.26. The Bertz CT molecular complexity index is 3580. The first-order chi connectivity index (χ1) is 33.7. The lowest BCUT2D eigenvalue weighted by molar-refractivity contribution is 0.455. The van der Waals surface area contributed by atoms with E-state index in [1.807, 2.05) is 17.1 Å². The van der Waals surface area contributed by atoms with Crippen molar-refractivity contribution < 1.29 is 4.74 Å². The molecule has 0 radical (unpaired) electrons. The molecule has 71 heavy (non-hydrogen) atoms. The fraction of sp³-hybridized carbons (Fsp3) is 0.242. The van der Waals surface area contributed by atoms with E-state index >= 15 is 0 Å². The van der Waals surface area contributed by atoms with Gasteiger partial charge in [0.1, 0.15) is 17.3 Å². The van der Waals surface area contributed by atoms with Crippen LogP contribution in [0, 0.1) is 0 Å². The highest BCUT2D eigenvalue weighted by molar-refractivity contribution is 6.10. The zero-order chi connectivity index (χ0) is 50.0. The summed E-state index contributed by atoms with van der Waals surface area (Å²) in [5, 5.41) is 7.23. The predicted octanol–water partition coefficient (Wildman–Crippen LogP) is 18.0. The SMILES string of the molecule is CC(C)(C)c1ccc(-c2ccnc(-n3c4ccc(C(C)(C)C)cc4c4ccc(Oc5cc(-n6cc(-c7ccc(-c8ccccc8-c8ccccc8)cc7)cn6)ccc5C(C)(C)C)cc43)c2)c(C(C)(C)C)c1. The standard InChI is InChI=1S/C66H66N4O/c1-63(2,3)48-27-33-59-56(37-48)55-31-29-51(40-60(55)70(59)62-36-46(34-35-67-62)54-30-26-49(64(4,5)6)38-58(54)66(10,11)12)71-61-39-50(28-32-57(61)65(7,8)9)69-42-47(41-68-69)43-22-24-45(25-23-43)53-21-17-16-20-52(53)44-18-14-13-15-19-44/h13-42H,1-12H3. The molecule has 0 bridgehead atoms. The molecule has 0 amide bonds. The first-order valence-electron chi connectivity index (χ1n) is 25.0. The van der Waals surface area contributed by atoms with Gasteiger partial charge in [-0.05, 0) is 120 Å². The summed E-state index contributed by atoms with van der Waals surface area (Å²) in [4.78, 5) is 5.10. The van der Waals surface area contributed by atoms with Crippen molar-refractivity contribution in [2.24, 2.45) is 0 Å². The normalized spacial score (nSPS) is 12.5. The van der Waals surface area contributed by atoms with E-state index in [0.29, 0.717) is 0 Å². The van der Waals surface area contributed by atoms with Gasteiger partial charge in [-0.1, -0.05) is 192 Å². The van der Waals surface area contributed by atoms with Crippen molar-refractivity contribution in [3.05, 3.63) is 205 Å². The van der Waals surface area contributed by atoms with Gasteiger partial charge in [0, 0.05) is 46.4 Å². The van der Waals surface area contributed by atoms with Crippen molar-refractivity contribution in [2.45, 2.75) is 105 Å². The van der Waals surface area contributed by atoms with E-state index in [1.54, 1.807) is 0 Å². The van der Waals surface area contributed by atoms with Crippen LogP contribution in [0.2, 0.25) is 0 Å². The number of ether oxygens (including phenoxy) is 1. The van der Waals surface area contributed by atoms with Crippen LogP contribution in [-0.4, -0.2) is 19.3 Å². The highest BCUT2D eigenvalue weighted by Crippen LogP contribution is 2.42. The molecule has 5 nitrogen and oxygen atoms in total. The third-order valence-electron chi connectivity index (χ3n) is 14.0. The van der Waals surface area contributed by atoms with Gasteiger partial charge in [-0.3, -0.25) is 4.57 Å². The minimum atomic E-state index is -0.187. The van der Waals surface area contributed by atoms with Crippen LogP contribution in [0.1, 0.15) is 105 Å². The molecule has 7 aromatic carbocycles. The van der Waals surface area contributed by atoms with E-state index in [9.17, 15) is 0 Å². The van der Waals surface area contributed by atoms with Gasteiger partial charge < -0.3 is 4.74 Å². The predicted molar refractivity (Wildman–Crippen MR) is 299 cm³/mol. The average molecular weight is 931 g/mol. The molecule has 0 aliphatic heterocycles. The maximum atomic E-state index is 7.07. The maximum absolute atomic E-state index is 7.07. The highest BCUT2D eigenvalue weighted by atomic mass is 16.5. The Labute approximate surface area is 420 Å². The summed E-state index contributed by atoms with van der Waals surface area (Å²) in [7, 11) is 0. The number of rotatable bonds is 8. The van der Waals surface area contributed by atoms with E-state index in [1.165, 1.54) is 49.9 Å². The van der Waals surface area contributed by atoms with Crippen LogP contribution in [0.5, 0.6) is 11.5 Å². The topological polar surface area (TPSA) is 44.9 Å². The third-order valence-corrected chi connectivity index (χ3v) is 14.0. The first kappa shape index (κ1) is 47.2. The molecule has 0 spiro atoms. The van der Waals surface area contributed by atoms with E-state index in [2.05, 4.69) is 258 Å². The molecule has 5 heteroatoms. The summed E-state index contributed by atoms with van der Waals surface area (Å²) in [5.74, 6) is 2.40. The molecule has 3 heterocycles. The van der Waals surface area contributed by atoms with Gasteiger partial charge in [-0.2, -0.15) is 5.10 Å². The largest absolute Gasteiger partial charge is 0.457 e. The molecular weight excluding hydrogens is 865 g/mol. The van der Waals surface area contributed by atoms with E-state index in [-0.39, 0.29) is 21.7 Å². The van der Waals surface area contributed by atoms with Crippen molar-refractivity contribution >= 4 is 21.8 Å². The van der Waals surface area contributed by atoms with E-state index in [4.69, 9.17) is 14.8 Å². The Morgan fingerprint density at radius 1 is 0.423 bits per heavy atom. The first-order valence-corrected chi connectivity index (χ1v) is 25.0. The monoisotopic (exact) mass is 931 g/mol. The van der Waals surface area contributed by atoms with Crippen LogP contribution in [0.4, 0.5) is 0 Å². The summed E-state index contributed by atoms with van der Waals surface area (Å²) < 4.78 is 11.3. The van der Waals surface area contributed by atoms with Gasteiger partial charge in [-0.15, -0.1) is 0 Å². The van der Waals surface area contributed by atoms with Crippen LogP contribution in [0.3, 0.4) is 0 Å². The third kappa shape index (κ3) is 9.34. The molecule has 0 aliphatic rings. The van der Waals surface area contributed by atoms with Crippen molar-refractivity contribution in [1.82, 2.24) is 19.3 Å². The number of nitrogens with zero attached hydrogens (tertiary/aromatic N) is 4. The van der Waals surface area contributed by atoms with Gasteiger partial charge in [-0.25, -0.2) is 9.67 Å². The molecule has 0 N–H and O–H groups in total. The van der Waals surface area contributed by atoms with Crippen molar-refractivity contribution in [2.75, 3.05) is 0 Å². The van der Waals surface area contributed by atoms with Gasteiger partial charge in [0.2, 0.25) is 0 Å². The molecule has 3 aromatic heterocycles. The smallest absolute Gasteiger partial charge is 0.138 e. The molecule has 0 fully saturated rings. The summed E-state index contributed by atoms with van der Waals surface area (Å²) in [6, 6.07) is 59.2.